The summed E-state index contributed by atoms with van der Waals surface area (Å²) >= 11 is 0. The molecule has 0 saturated carbocycles. The topological polar surface area (TPSA) is 83.3 Å². The Morgan fingerprint density at radius 3 is 2.35 bits per heavy atom. The van der Waals surface area contributed by atoms with Crippen molar-refractivity contribution in [1.82, 2.24) is 0 Å². The lowest BCUT2D eigenvalue weighted by Crippen LogP contribution is -2.23. The molecule has 100 valence electrons. The number of benzene rings is 2. The Labute approximate surface area is 115 Å². The highest BCUT2D eigenvalue weighted by atomic mass is 16.6. The summed E-state index contributed by atoms with van der Waals surface area (Å²) in [6.07, 6.45) is 1.36. The Morgan fingerprint density at radius 1 is 1.05 bits per heavy atom. The zero-order valence-corrected chi connectivity index (χ0v) is 10.4. The van der Waals surface area contributed by atoms with E-state index in [0.717, 1.165) is 0 Å². The number of nitrogens with zero attached hydrogens (tertiary/aromatic N) is 1. The normalized spacial score (nSPS) is 11.1. The molecule has 0 N–H and O–H groups in total. The molecule has 0 aliphatic carbocycles. The molecule has 0 heterocycles. The van der Waals surface area contributed by atoms with Gasteiger partial charge in [-0.1, -0.05) is 42.5 Å². The summed E-state index contributed by atoms with van der Waals surface area (Å²) in [7, 11) is 0. The number of nitro groups is 1. The second-order valence-corrected chi connectivity index (χ2v) is 4.06. The number of carboxylic acid groups (broad SMARTS) is 1. The van der Waals surface area contributed by atoms with Crippen LogP contribution in [0, 0.1) is 10.1 Å². The van der Waals surface area contributed by atoms with Gasteiger partial charge >= 0.3 is 0 Å². The molecule has 2 rings (SSSR count). The van der Waals surface area contributed by atoms with Crippen LogP contribution in [0.25, 0.3) is 11.6 Å². The van der Waals surface area contributed by atoms with Crippen LogP contribution in [0.15, 0.2) is 54.6 Å². The summed E-state index contributed by atoms with van der Waals surface area (Å²) in [6, 6.07) is 14.2. The lowest BCUT2D eigenvalue weighted by atomic mass is 10.0. The lowest BCUT2D eigenvalue weighted by Gasteiger charge is -2.09. The molecule has 0 amide bonds. The van der Waals surface area contributed by atoms with Gasteiger partial charge in [-0.25, -0.2) is 0 Å². The summed E-state index contributed by atoms with van der Waals surface area (Å²) in [6.45, 7) is 0. The first kappa shape index (κ1) is 13.5. The Balaban J connectivity index is 2.47. The minimum Gasteiger partial charge on any atom is -0.545 e. The third kappa shape index (κ3) is 3.08. The molecule has 0 unspecified atom stereocenters. The van der Waals surface area contributed by atoms with Crippen LogP contribution in [0.5, 0.6) is 0 Å². The maximum atomic E-state index is 11.2. The smallest absolute Gasteiger partial charge is 0.270 e. The predicted molar refractivity (Wildman–Crippen MR) is 72.4 cm³/mol. The van der Waals surface area contributed by atoms with Gasteiger partial charge in [0.15, 0.2) is 0 Å². The molecule has 0 fully saturated rings. The van der Waals surface area contributed by atoms with E-state index in [1.165, 1.54) is 24.3 Å². The largest absolute Gasteiger partial charge is 0.545 e. The van der Waals surface area contributed by atoms with Crippen molar-refractivity contribution in [3.05, 3.63) is 75.8 Å². The van der Waals surface area contributed by atoms with E-state index in [1.807, 2.05) is 0 Å². The van der Waals surface area contributed by atoms with Crippen molar-refractivity contribution >= 4 is 23.3 Å². The van der Waals surface area contributed by atoms with Gasteiger partial charge < -0.3 is 9.90 Å². The van der Waals surface area contributed by atoms with Gasteiger partial charge in [-0.2, -0.15) is 0 Å². The molecule has 2 aromatic carbocycles. The van der Waals surface area contributed by atoms with Gasteiger partial charge in [0.1, 0.15) is 0 Å². The molecule has 0 spiro atoms. The van der Waals surface area contributed by atoms with Crippen LogP contribution in [-0.4, -0.2) is 10.9 Å². The fraction of sp³-hybridized carbons (Fsp3) is 0. The maximum absolute atomic E-state index is 11.2. The Kier molecular flexibility index (Phi) is 3.91. The SMILES string of the molecule is O=C([O-])/C(=C/c1cccc([N+](=O)[O-])c1)c1ccccc1. The molecular weight excluding hydrogens is 258 g/mol. The molecule has 0 bridgehead atoms. The number of hydrogen-bond acceptors (Lipinski definition) is 4. The number of carbonyl (C=O) groups excluding carboxylic acids is 1. The molecule has 0 aromatic heterocycles. The first-order valence-electron chi connectivity index (χ1n) is 5.81. The van der Waals surface area contributed by atoms with E-state index in [4.69, 9.17) is 0 Å². The Hall–Kier alpha value is -2.95. The second-order valence-electron chi connectivity index (χ2n) is 4.06. The van der Waals surface area contributed by atoms with Gasteiger partial charge in [-0.05, 0) is 17.2 Å². The Bertz CT molecular complexity index is 677. The van der Waals surface area contributed by atoms with Crippen molar-refractivity contribution < 1.29 is 14.8 Å². The number of carboxylic acids is 1. The van der Waals surface area contributed by atoms with Crippen molar-refractivity contribution in [2.45, 2.75) is 0 Å². The molecular formula is C15H10NO4-. The first-order valence-corrected chi connectivity index (χ1v) is 5.81. The van der Waals surface area contributed by atoms with Crippen LogP contribution in [0.3, 0.4) is 0 Å². The summed E-state index contributed by atoms with van der Waals surface area (Å²) in [5.74, 6) is -1.33. The minimum atomic E-state index is -1.33. The van der Waals surface area contributed by atoms with Gasteiger partial charge in [0, 0.05) is 17.7 Å². The van der Waals surface area contributed by atoms with Crippen molar-refractivity contribution in [2.75, 3.05) is 0 Å². The van der Waals surface area contributed by atoms with Crippen LogP contribution < -0.4 is 5.11 Å². The third-order valence-corrected chi connectivity index (χ3v) is 2.70. The molecule has 20 heavy (non-hydrogen) atoms. The van der Waals surface area contributed by atoms with Gasteiger partial charge in [0.25, 0.3) is 5.69 Å². The molecule has 0 saturated heterocycles. The highest BCUT2D eigenvalue weighted by Gasteiger charge is 2.07. The molecule has 0 aliphatic heterocycles. The van der Waals surface area contributed by atoms with Crippen molar-refractivity contribution in [3.63, 3.8) is 0 Å². The molecule has 5 nitrogen and oxygen atoms in total. The van der Waals surface area contributed by atoms with E-state index in [-0.39, 0.29) is 11.3 Å². The van der Waals surface area contributed by atoms with E-state index >= 15 is 0 Å². The highest BCUT2D eigenvalue weighted by molar-refractivity contribution is 6.19. The number of hydrogen-bond donors (Lipinski definition) is 0. The van der Waals surface area contributed by atoms with Crippen LogP contribution in [-0.2, 0) is 4.79 Å². The maximum Gasteiger partial charge on any atom is 0.270 e. The predicted octanol–water partition coefficient (Wildman–Crippen LogP) is 1.89. The number of non-ortho nitro benzene ring substituents is 1. The van der Waals surface area contributed by atoms with Crippen LogP contribution in [0.4, 0.5) is 5.69 Å². The average Bonchev–Trinajstić information content (AvgIpc) is 2.45. The van der Waals surface area contributed by atoms with Gasteiger partial charge in [-0.15, -0.1) is 0 Å². The Morgan fingerprint density at radius 2 is 1.75 bits per heavy atom. The zero-order chi connectivity index (χ0) is 14.5. The minimum absolute atomic E-state index is 0.0221. The number of nitro benzene ring substituents is 1. The summed E-state index contributed by atoms with van der Waals surface area (Å²) < 4.78 is 0. The number of aliphatic carboxylic acids is 1. The zero-order valence-electron chi connectivity index (χ0n) is 10.4. The lowest BCUT2D eigenvalue weighted by molar-refractivity contribution is -0.384. The average molecular weight is 268 g/mol. The summed E-state index contributed by atoms with van der Waals surface area (Å²) in [4.78, 5) is 21.4. The van der Waals surface area contributed by atoms with Gasteiger partial charge in [-0.3, -0.25) is 10.1 Å². The van der Waals surface area contributed by atoms with E-state index in [0.29, 0.717) is 11.1 Å². The fourth-order valence-electron chi connectivity index (χ4n) is 1.77. The number of rotatable bonds is 4. The molecule has 5 heteroatoms. The van der Waals surface area contributed by atoms with E-state index < -0.39 is 10.9 Å². The van der Waals surface area contributed by atoms with Crippen molar-refractivity contribution in [3.8, 4) is 0 Å². The van der Waals surface area contributed by atoms with Crippen LogP contribution >= 0.6 is 0 Å². The van der Waals surface area contributed by atoms with Crippen molar-refractivity contribution in [2.24, 2.45) is 0 Å². The highest BCUT2D eigenvalue weighted by Crippen LogP contribution is 2.20. The molecule has 0 atom stereocenters. The summed E-state index contributed by atoms with van der Waals surface area (Å²) in [5.41, 5.74) is 0.803. The molecule has 0 aliphatic rings. The van der Waals surface area contributed by atoms with Crippen LogP contribution in [0.2, 0.25) is 0 Å². The molecule has 0 radical (unpaired) electrons. The monoisotopic (exact) mass is 268 g/mol. The second kappa shape index (κ2) is 5.79. The summed E-state index contributed by atoms with van der Waals surface area (Å²) in [5, 5.41) is 21.9. The van der Waals surface area contributed by atoms with Crippen molar-refractivity contribution in [1.29, 1.82) is 0 Å². The number of carbonyl (C=O) groups is 1. The standard InChI is InChI=1S/C15H11NO4/c17-15(18)14(12-6-2-1-3-7-12)10-11-5-4-8-13(9-11)16(19)20/h1-10H,(H,17,18)/p-1/b14-10+. The quantitative estimate of drug-likeness (QED) is 0.367. The van der Waals surface area contributed by atoms with E-state index in [2.05, 4.69) is 0 Å². The van der Waals surface area contributed by atoms with E-state index in [9.17, 15) is 20.0 Å². The third-order valence-electron chi connectivity index (χ3n) is 2.70. The van der Waals surface area contributed by atoms with Gasteiger partial charge in [0.05, 0.1) is 10.9 Å². The van der Waals surface area contributed by atoms with E-state index in [1.54, 1.807) is 36.4 Å². The molecule has 2 aromatic rings. The first-order chi connectivity index (χ1) is 9.58. The van der Waals surface area contributed by atoms with Gasteiger partial charge in [0.2, 0.25) is 0 Å². The van der Waals surface area contributed by atoms with Crippen LogP contribution in [0.1, 0.15) is 11.1 Å². The fourth-order valence-corrected chi connectivity index (χ4v) is 1.77.